The number of carbonyl (C=O) groups is 1. The molecule has 156 valence electrons. The molecule has 0 saturated carbocycles. The summed E-state index contributed by atoms with van der Waals surface area (Å²) in [7, 11) is 0. The number of nitrogens with zero attached hydrogens (tertiary/aromatic N) is 1. The summed E-state index contributed by atoms with van der Waals surface area (Å²) in [5.41, 5.74) is -2.23. The van der Waals surface area contributed by atoms with Gasteiger partial charge in [0.15, 0.2) is 11.5 Å². The lowest BCUT2D eigenvalue weighted by Gasteiger charge is -2.20. The second-order valence-corrected chi connectivity index (χ2v) is 6.83. The zero-order valence-electron chi connectivity index (χ0n) is 15.4. The minimum atomic E-state index is -4.62. The third-order valence-corrected chi connectivity index (χ3v) is 3.51. The highest BCUT2D eigenvalue weighted by atomic mass is 35.5. The van der Waals surface area contributed by atoms with E-state index < -0.39 is 28.3 Å². The Morgan fingerprint density at radius 1 is 1.31 bits per heavy atom. The van der Waals surface area contributed by atoms with Crippen LogP contribution in [-0.2, 0) is 11.0 Å². The molecule has 0 spiro atoms. The molecule has 0 amide bonds. The summed E-state index contributed by atoms with van der Waals surface area (Å²) in [4.78, 5) is 15.3. The fraction of sp³-hybridized carbons (Fsp3) is 0.263. The number of para-hydroxylation sites is 1. The van der Waals surface area contributed by atoms with Crippen molar-refractivity contribution in [1.29, 1.82) is 0 Å². The van der Waals surface area contributed by atoms with Gasteiger partial charge in [0.25, 0.3) is 0 Å². The van der Waals surface area contributed by atoms with Gasteiger partial charge >= 0.3 is 12.1 Å². The Labute approximate surface area is 169 Å². The Bertz CT molecular complexity index is 910. The summed E-state index contributed by atoms with van der Waals surface area (Å²) in [5.74, 6) is -1.40. The highest BCUT2D eigenvalue weighted by molar-refractivity contribution is 6.31. The molecule has 1 heterocycles. The summed E-state index contributed by atoms with van der Waals surface area (Å²) in [6.07, 6.45) is -3.16. The Morgan fingerprint density at radius 3 is 2.52 bits per heavy atom. The van der Waals surface area contributed by atoms with Crippen molar-refractivity contribution in [2.45, 2.75) is 25.6 Å². The number of ether oxygens (including phenoxy) is 3. The number of alkyl halides is 3. The Hall–Kier alpha value is -2.78. The number of carbonyl (C=O) groups excluding carboxylic acids is 1. The van der Waals surface area contributed by atoms with Crippen LogP contribution in [0, 0.1) is 0 Å². The van der Waals surface area contributed by atoms with E-state index >= 15 is 0 Å². The third-order valence-electron chi connectivity index (χ3n) is 3.23. The zero-order valence-corrected chi connectivity index (χ0v) is 16.2. The SMILES string of the molecule is C=CC(=O)Oc1c(OCC(C)(C)O)cccc1Oc1ncc(C(F)(F)F)cc1Cl. The lowest BCUT2D eigenvalue weighted by molar-refractivity contribution is -0.137. The van der Waals surface area contributed by atoms with Crippen LogP contribution in [0.2, 0.25) is 5.02 Å². The topological polar surface area (TPSA) is 77.9 Å². The summed E-state index contributed by atoms with van der Waals surface area (Å²) in [5, 5.41) is 9.43. The maximum Gasteiger partial charge on any atom is 0.417 e. The summed E-state index contributed by atoms with van der Waals surface area (Å²) >= 11 is 5.86. The quantitative estimate of drug-likeness (QED) is 0.386. The fourth-order valence-electron chi connectivity index (χ4n) is 1.95. The zero-order chi connectivity index (χ0) is 21.8. The van der Waals surface area contributed by atoms with Gasteiger partial charge in [0.05, 0.1) is 11.2 Å². The largest absolute Gasteiger partial charge is 0.487 e. The number of rotatable bonds is 7. The molecule has 6 nitrogen and oxygen atoms in total. The van der Waals surface area contributed by atoms with Gasteiger partial charge in [-0.1, -0.05) is 24.2 Å². The molecule has 1 aromatic carbocycles. The van der Waals surface area contributed by atoms with E-state index in [1.54, 1.807) is 0 Å². The van der Waals surface area contributed by atoms with E-state index in [2.05, 4.69) is 11.6 Å². The molecule has 0 unspecified atom stereocenters. The van der Waals surface area contributed by atoms with Crippen molar-refractivity contribution in [3.8, 4) is 23.1 Å². The summed E-state index contributed by atoms with van der Waals surface area (Å²) in [6, 6.07) is 4.97. The molecule has 0 aliphatic heterocycles. The number of benzene rings is 1. The van der Waals surface area contributed by atoms with Gasteiger partial charge in [-0.3, -0.25) is 0 Å². The first-order chi connectivity index (χ1) is 13.4. The average molecular weight is 432 g/mol. The molecule has 0 bridgehead atoms. The normalized spacial score (nSPS) is 11.7. The predicted octanol–water partition coefficient (Wildman–Crippen LogP) is 4.79. The lowest BCUT2D eigenvalue weighted by Crippen LogP contribution is -2.28. The van der Waals surface area contributed by atoms with Gasteiger partial charge in [-0.05, 0) is 32.0 Å². The molecular weight excluding hydrogens is 415 g/mol. The number of aliphatic hydroxyl groups is 1. The van der Waals surface area contributed by atoms with E-state index in [0.717, 1.165) is 6.08 Å². The van der Waals surface area contributed by atoms with Gasteiger partial charge in [0.1, 0.15) is 11.6 Å². The van der Waals surface area contributed by atoms with Crippen molar-refractivity contribution < 1.29 is 37.3 Å². The predicted molar refractivity (Wildman–Crippen MR) is 98.4 cm³/mol. The number of halogens is 4. The van der Waals surface area contributed by atoms with E-state index in [4.69, 9.17) is 25.8 Å². The third kappa shape index (κ3) is 6.37. The molecule has 1 N–H and O–H groups in total. The van der Waals surface area contributed by atoms with Gasteiger partial charge in [-0.25, -0.2) is 9.78 Å². The van der Waals surface area contributed by atoms with Crippen molar-refractivity contribution in [3.05, 3.63) is 53.7 Å². The van der Waals surface area contributed by atoms with Gasteiger partial charge < -0.3 is 19.3 Å². The molecule has 0 fully saturated rings. The van der Waals surface area contributed by atoms with E-state index in [1.807, 2.05) is 0 Å². The highest BCUT2D eigenvalue weighted by Crippen LogP contribution is 2.42. The standard InChI is InChI=1S/C19H17ClF3NO5/c1-4-15(25)29-16-13(27-10-18(2,3)26)6-5-7-14(16)28-17-12(20)8-11(9-24-17)19(21,22)23/h4-9,26H,1,10H2,2-3H3. The smallest absolute Gasteiger partial charge is 0.417 e. The van der Waals surface area contributed by atoms with Crippen LogP contribution >= 0.6 is 11.6 Å². The number of hydrogen-bond acceptors (Lipinski definition) is 6. The van der Waals surface area contributed by atoms with Crippen LogP contribution in [0.15, 0.2) is 43.1 Å². The monoisotopic (exact) mass is 431 g/mol. The molecular formula is C19H17ClF3NO5. The van der Waals surface area contributed by atoms with E-state index in [0.29, 0.717) is 12.3 Å². The van der Waals surface area contributed by atoms with Crippen molar-refractivity contribution >= 4 is 17.6 Å². The van der Waals surface area contributed by atoms with Crippen molar-refractivity contribution in [2.24, 2.45) is 0 Å². The molecule has 2 aromatic rings. The summed E-state index contributed by atoms with van der Waals surface area (Å²) < 4.78 is 54.4. The molecule has 0 atom stereocenters. The number of hydrogen-bond donors (Lipinski definition) is 1. The average Bonchev–Trinajstić information content (AvgIpc) is 2.61. The minimum absolute atomic E-state index is 0.0443. The van der Waals surface area contributed by atoms with Crippen molar-refractivity contribution in [3.63, 3.8) is 0 Å². The van der Waals surface area contributed by atoms with Gasteiger partial charge in [-0.2, -0.15) is 13.2 Å². The van der Waals surface area contributed by atoms with Crippen LogP contribution in [0.5, 0.6) is 23.1 Å². The van der Waals surface area contributed by atoms with Gasteiger partial charge in [0, 0.05) is 12.3 Å². The van der Waals surface area contributed by atoms with Crippen molar-refractivity contribution in [2.75, 3.05) is 6.61 Å². The molecule has 29 heavy (non-hydrogen) atoms. The first-order valence-electron chi connectivity index (χ1n) is 8.14. The second kappa shape index (κ2) is 8.71. The van der Waals surface area contributed by atoms with Crippen LogP contribution in [0.4, 0.5) is 13.2 Å². The van der Waals surface area contributed by atoms with Crippen molar-refractivity contribution in [1.82, 2.24) is 4.98 Å². The maximum atomic E-state index is 12.8. The Balaban J connectivity index is 2.41. The van der Waals surface area contributed by atoms with Crippen LogP contribution in [0.1, 0.15) is 19.4 Å². The molecule has 0 aliphatic rings. The highest BCUT2D eigenvalue weighted by Gasteiger charge is 2.32. The molecule has 1 aromatic heterocycles. The minimum Gasteiger partial charge on any atom is -0.487 e. The number of aromatic nitrogens is 1. The Kier molecular flexibility index (Phi) is 6.76. The molecule has 0 saturated heterocycles. The molecule has 2 rings (SSSR count). The number of esters is 1. The summed E-state index contributed by atoms with van der Waals surface area (Å²) in [6.45, 7) is 6.17. The van der Waals surface area contributed by atoms with E-state index in [-0.39, 0.29) is 29.7 Å². The second-order valence-electron chi connectivity index (χ2n) is 6.42. The van der Waals surface area contributed by atoms with E-state index in [9.17, 15) is 23.1 Å². The van der Waals surface area contributed by atoms with Crippen LogP contribution in [-0.4, -0.2) is 28.3 Å². The van der Waals surface area contributed by atoms with Crippen LogP contribution in [0.3, 0.4) is 0 Å². The first kappa shape index (κ1) is 22.5. The lowest BCUT2D eigenvalue weighted by atomic mass is 10.2. The fourth-order valence-corrected chi connectivity index (χ4v) is 2.15. The number of pyridine rings is 1. The van der Waals surface area contributed by atoms with E-state index in [1.165, 1.54) is 32.0 Å². The maximum absolute atomic E-state index is 12.8. The molecule has 0 radical (unpaired) electrons. The molecule has 10 heteroatoms. The van der Waals surface area contributed by atoms with Gasteiger partial charge in [0.2, 0.25) is 11.6 Å². The van der Waals surface area contributed by atoms with Crippen LogP contribution < -0.4 is 14.2 Å². The van der Waals surface area contributed by atoms with Crippen LogP contribution in [0.25, 0.3) is 0 Å². The Morgan fingerprint density at radius 2 is 1.97 bits per heavy atom. The molecule has 0 aliphatic carbocycles. The first-order valence-corrected chi connectivity index (χ1v) is 8.51. The van der Waals surface area contributed by atoms with Gasteiger partial charge in [-0.15, -0.1) is 0 Å².